The standard InChI is InChI=1S/C21H24F2N2O3/c1-15-6-7-16(12-19(15)23)21(27)25-10-8-24(9-11-25)13-17(26)14-28-20-5-3-2-4-18(20)22/h2-7,12,17,26H,8-11,13-14H2,1H3. The number of carbonyl (C=O) groups excluding carboxylic acids is 1. The summed E-state index contributed by atoms with van der Waals surface area (Å²) in [7, 11) is 0. The Hall–Kier alpha value is -2.51. The van der Waals surface area contributed by atoms with E-state index in [4.69, 9.17) is 4.74 Å². The average molecular weight is 390 g/mol. The highest BCUT2D eigenvalue weighted by Gasteiger charge is 2.24. The molecule has 1 amide bonds. The second kappa shape index (κ2) is 9.12. The zero-order chi connectivity index (χ0) is 20.1. The highest BCUT2D eigenvalue weighted by molar-refractivity contribution is 5.94. The van der Waals surface area contributed by atoms with E-state index in [1.165, 1.54) is 18.2 Å². The van der Waals surface area contributed by atoms with Crippen LogP contribution in [0.4, 0.5) is 8.78 Å². The van der Waals surface area contributed by atoms with E-state index in [2.05, 4.69) is 0 Å². The van der Waals surface area contributed by atoms with E-state index in [-0.39, 0.29) is 24.1 Å². The first-order valence-corrected chi connectivity index (χ1v) is 9.27. The Balaban J connectivity index is 1.45. The average Bonchev–Trinajstić information content (AvgIpc) is 2.69. The third kappa shape index (κ3) is 5.05. The summed E-state index contributed by atoms with van der Waals surface area (Å²) < 4.78 is 32.5. The smallest absolute Gasteiger partial charge is 0.254 e. The second-order valence-electron chi connectivity index (χ2n) is 6.95. The maximum atomic E-state index is 13.7. The van der Waals surface area contributed by atoms with Crippen LogP contribution >= 0.6 is 0 Å². The van der Waals surface area contributed by atoms with Crippen LogP contribution in [-0.2, 0) is 0 Å². The predicted octanol–water partition coefficient (Wildman–Crippen LogP) is 2.47. The zero-order valence-corrected chi connectivity index (χ0v) is 15.8. The van der Waals surface area contributed by atoms with E-state index in [9.17, 15) is 18.7 Å². The van der Waals surface area contributed by atoms with Crippen LogP contribution in [0.1, 0.15) is 15.9 Å². The predicted molar refractivity (Wildman–Crippen MR) is 101 cm³/mol. The van der Waals surface area contributed by atoms with Gasteiger partial charge in [0.1, 0.15) is 18.5 Å². The summed E-state index contributed by atoms with van der Waals surface area (Å²) in [4.78, 5) is 16.2. The van der Waals surface area contributed by atoms with Gasteiger partial charge in [0.25, 0.3) is 5.91 Å². The largest absolute Gasteiger partial charge is 0.488 e. The molecule has 0 radical (unpaired) electrons. The molecule has 28 heavy (non-hydrogen) atoms. The van der Waals surface area contributed by atoms with Crippen LogP contribution in [0, 0.1) is 18.6 Å². The van der Waals surface area contributed by atoms with E-state index < -0.39 is 11.9 Å². The lowest BCUT2D eigenvalue weighted by molar-refractivity contribution is 0.0398. The first kappa shape index (κ1) is 20.2. The van der Waals surface area contributed by atoms with Crippen molar-refractivity contribution in [1.82, 2.24) is 9.80 Å². The van der Waals surface area contributed by atoms with Crippen molar-refractivity contribution in [2.75, 3.05) is 39.3 Å². The minimum absolute atomic E-state index is 0.0112. The van der Waals surface area contributed by atoms with Crippen molar-refractivity contribution < 1.29 is 23.4 Å². The number of rotatable bonds is 6. The number of piperazine rings is 1. The van der Waals surface area contributed by atoms with Crippen LogP contribution in [-0.4, -0.2) is 66.2 Å². The molecule has 0 saturated carbocycles. The molecule has 1 aliphatic heterocycles. The normalized spacial score (nSPS) is 16.1. The van der Waals surface area contributed by atoms with Crippen LogP contribution in [0.2, 0.25) is 0 Å². The van der Waals surface area contributed by atoms with Gasteiger partial charge in [0.2, 0.25) is 0 Å². The maximum absolute atomic E-state index is 13.7. The number of amides is 1. The number of aryl methyl sites for hydroxylation is 1. The third-order valence-corrected chi connectivity index (χ3v) is 4.82. The lowest BCUT2D eigenvalue weighted by Gasteiger charge is -2.35. The van der Waals surface area contributed by atoms with E-state index in [0.29, 0.717) is 43.9 Å². The lowest BCUT2D eigenvalue weighted by Crippen LogP contribution is -2.51. The van der Waals surface area contributed by atoms with Gasteiger partial charge in [0.15, 0.2) is 11.6 Å². The van der Waals surface area contributed by atoms with Crippen molar-refractivity contribution in [3.05, 3.63) is 65.2 Å². The molecule has 1 saturated heterocycles. The molecule has 1 heterocycles. The number of carbonyl (C=O) groups is 1. The monoisotopic (exact) mass is 390 g/mol. The first-order valence-electron chi connectivity index (χ1n) is 9.27. The number of aliphatic hydroxyl groups is 1. The Morgan fingerprint density at radius 2 is 1.82 bits per heavy atom. The molecule has 5 nitrogen and oxygen atoms in total. The van der Waals surface area contributed by atoms with Gasteiger partial charge >= 0.3 is 0 Å². The number of hydrogen-bond acceptors (Lipinski definition) is 4. The summed E-state index contributed by atoms with van der Waals surface area (Å²) in [6.45, 7) is 4.19. The summed E-state index contributed by atoms with van der Waals surface area (Å²) in [6, 6.07) is 10.6. The van der Waals surface area contributed by atoms with Gasteiger partial charge in [-0.25, -0.2) is 8.78 Å². The number of benzene rings is 2. The van der Waals surface area contributed by atoms with Crippen LogP contribution in [0.15, 0.2) is 42.5 Å². The van der Waals surface area contributed by atoms with Crippen molar-refractivity contribution in [1.29, 1.82) is 0 Å². The fraction of sp³-hybridized carbons (Fsp3) is 0.381. The molecule has 150 valence electrons. The minimum Gasteiger partial charge on any atom is -0.488 e. The van der Waals surface area contributed by atoms with Gasteiger partial charge in [0.05, 0.1) is 0 Å². The zero-order valence-electron chi connectivity index (χ0n) is 15.8. The SMILES string of the molecule is Cc1ccc(C(=O)N2CCN(CC(O)COc3ccccc3F)CC2)cc1F. The summed E-state index contributed by atoms with van der Waals surface area (Å²) in [5.41, 5.74) is 0.850. The van der Waals surface area contributed by atoms with E-state index in [1.807, 2.05) is 4.90 Å². The number of ether oxygens (including phenoxy) is 1. The van der Waals surface area contributed by atoms with Crippen molar-refractivity contribution >= 4 is 5.91 Å². The number of β-amino-alcohol motifs (C(OH)–C–C–N with tert-alkyl or cyclic N) is 1. The fourth-order valence-electron chi connectivity index (χ4n) is 3.14. The number of para-hydroxylation sites is 1. The molecule has 0 aromatic heterocycles. The number of halogens is 2. The minimum atomic E-state index is -0.770. The van der Waals surface area contributed by atoms with Crippen LogP contribution in [0.3, 0.4) is 0 Å². The molecule has 0 aliphatic carbocycles. The van der Waals surface area contributed by atoms with Crippen molar-refractivity contribution in [2.24, 2.45) is 0 Å². The fourth-order valence-corrected chi connectivity index (χ4v) is 3.14. The van der Waals surface area contributed by atoms with Gasteiger partial charge in [-0.15, -0.1) is 0 Å². The summed E-state index contributed by atoms with van der Waals surface area (Å²) in [5, 5.41) is 10.2. The Morgan fingerprint density at radius 3 is 2.50 bits per heavy atom. The van der Waals surface area contributed by atoms with Gasteiger partial charge < -0.3 is 14.7 Å². The van der Waals surface area contributed by atoms with Crippen LogP contribution < -0.4 is 4.74 Å². The van der Waals surface area contributed by atoms with Gasteiger partial charge in [-0.3, -0.25) is 9.69 Å². The molecule has 1 atom stereocenters. The van der Waals surface area contributed by atoms with Crippen LogP contribution in [0.25, 0.3) is 0 Å². The van der Waals surface area contributed by atoms with Gasteiger partial charge in [-0.1, -0.05) is 18.2 Å². The number of nitrogens with zero attached hydrogens (tertiary/aromatic N) is 2. The highest BCUT2D eigenvalue weighted by atomic mass is 19.1. The molecule has 1 aliphatic rings. The van der Waals surface area contributed by atoms with Gasteiger partial charge in [-0.05, 0) is 36.8 Å². The second-order valence-corrected chi connectivity index (χ2v) is 6.95. The lowest BCUT2D eigenvalue weighted by atomic mass is 10.1. The molecule has 0 spiro atoms. The summed E-state index contributed by atoms with van der Waals surface area (Å²) >= 11 is 0. The highest BCUT2D eigenvalue weighted by Crippen LogP contribution is 2.16. The first-order chi connectivity index (χ1) is 13.4. The molecule has 2 aromatic rings. The van der Waals surface area contributed by atoms with Gasteiger partial charge in [0, 0.05) is 38.3 Å². The third-order valence-electron chi connectivity index (χ3n) is 4.82. The van der Waals surface area contributed by atoms with Crippen molar-refractivity contribution in [3.63, 3.8) is 0 Å². The van der Waals surface area contributed by atoms with E-state index >= 15 is 0 Å². The van der Waals surface area contributed by atoms with Gasteiger partial charge in [-0.2, -0.15) is 0 Å². The number of hydrogen-bond donors (Lipinski definition) is 1. The molecule has 1 N–H and O–H groups in total. The summed E-state index contributed by atoms with van der Waals surface area (Å²) in [6.07, 6.45) is -0.770. The van der Waals surface area contributed by atoms with Crippen LogP contribution in [0.5, 0.6) is 5.75 Å². The molecule has 1 unspecified atom stereocenters. The summed E-state index contributed by atoms with van der Waals surface area (Å²) in [5.74, 6) is -0.930. The molecular formula is C21H24F2N2O3. The number of aliphatic hydroxyl groups excluding tert-OH is 1. The Morgan fingerprint density at radius 1 is 1.11 bits per heavy atom. The topological polar surface area (TPSA) is 53.0 Å². The molecule has 7 heteroatoms. The van der Waals surface area contributed by atoms with E-state index in [0.717, 1.165) is 0 Å². The van der Waals surface area contributed by atoms with Crippen molar-refractivity contribution in [2.45, 2.75) is 13.0 Å². The molecule has 3 rings (SSSR count). The Labute approximate surface area is 163 Å². The molecular weight excluding hydrogens is 366 g/mol. The van der Waals surface area contributed by atoms with E-state index in [1.54, 1.807) is 36.1 Å². The maximum Gasteiger partial charge on any atom is 0.254 e. The Kier molecular flexibility index (Phi) is 6.59. The Bertz CT molecular complexity index is 823. The molecule has 0 bridgehead atoms. The quantitative estimate of drug-likeness (QED) is 0.823. The van der Waals surface area contributed by atoms with Crippen molar-refractivity contribution in [3.8, 4) is 5.75 Å². The molecule has 1 fully saturated rings. The molecule has 2 aromatic carbocycles.